The molecule has 0 aliphatic rings. The third-order valence-corrected chi connectivity index (χ3v) is 4.11. The monoisotopic (exact) mass is 312 g/mol. The number of alkyl halides is 1. The van der Waals surface area contributed by atoms with Crippen molar-refractivity contribution in [3.8, 4) is 0 Å². The number of benzene rings is 2. The minimum atomic E-state index is -1.49. The third kappa shape index (κ3) is 3.08. The third-order valence-electron chi connectivity index (χ3n) is 3.62. The van der Waals surface area contributed by atoms with Gasteiger partial charge in [-0.1, -0.05) is 38.1 Å². The van der Waals surface area contributed by atoms with Gasteiger partial charge in [-0.3, -0.25) is 0 Å². The van der Waals surface area contributed by atoms with Crippen molar-refractivity contribution in [1.82, 2.24) is 0 Å². The van der Waals surface area contributed by atoms with Crippen LogP contribution in [0, 0.1) is 17.5 Å². The summed E-state index contributed by atoms with van der Waals surface area (Å²) in [7, 11) is 0. The van der Waals surface area contributed by atoms with Crippen LogP contribution >= 0.6 is 11.6 Å². The lowest BCUT2D eigenvalue weighted by Gasteiger charge is -2.15. The quantitative estimate of drug-likeness (QED) is 0.512. The van der Waals surface area contributed by atoms with Gasteiger partial charge in [-0.25, -0.2) is 13.2 Å². The van der Waals surface area contributed by atoms with E-state index in [2.05, 4.69) is 6.92 Å². The predicted octanol–water partition coefficient (Wildman–Crippen LogP) is 5.56. The van der Waals surface area contributed by atoms with E-state index in [0.29, 0.717) is 5.56 Å². The van der Waals surface area contributed by atoms with Gasteiger partial charge in [-0.05, 0) is 35.6 Å². The van der Waals surface area contributed by atoms with Crippen LogP contribution in [0.1, 0.15) is 41.5 Å². The Bertz CT molecular complexity index is 653. The SMILES string of the molecule is CCc1ccc(C(Cl)c2ccc(F)c(F)c2F)cc1CC. The van der Waals surface area contributed by atoms with Crippen LogP contribution in [-0.2, 0) is 12.8 Å². The van der Waals surface area contributed by atoms with Gasteiger partial charge in [-0.15, -0.1) is 11.6 Å². The molecule has 0 saturated heterocycles. The molecule has 0 saturated carbocycles. The van der Waals surface area contributed by atoms with Crippen LogP contribution in [-0.4, -0.2) is 0 Å². The van der Waals surface area contributed by atoms with Crippen LogP contribution < -0.4 is 0 Å². The zero-order valence-corrected chi connectivity index (χ0v) is 12.6. The molecule has 1 atom stereocenters. The summed E-state index contributed by atoms with van der Waals surface area (Å²) in [5, 5.41) is -0.851. The van der Waals surface area contributed by atoms with Crippen molar-refractivity contribution in [2.75, 3.05) is 0 Å². The molecule has 0 nitrogen and oxygen atoms in total. The van der Waals surface area contributed by atoms with E-state index >= 15 is 0 Å². The smallest absolute Gasteiger partial charge is 0.194 e. The molecule has 0 aliphatic carbocycles. The Morgan fingerprint density at radius 1 is 0.905 bits per heavy atom. The highest BCUT2D eigenvalue weighted by Crippen LogP contribution is 2.33. The molecule has 112 valence electrons. The Kier molecular flexibility index (Phi) is 4.94. The predicted molar refractivity (Wildman–Crippen MR) is 79.2 cm³/mol. The topological polar surface area (TPSA) is 0 Å². The average molecular weight is 313 g/mol. The molecule has 0 radical (unpaired) electrons. The van der Waals surface area contributed by atoms with Crippen molar-refractivity contribution in [1.29, 1.82) is 0 Å². The summed E-state index contributed by atoms with van der Waals surface area (Å²) in [6, 6.07) is 7.73. The van der Waals surface area contributed by atoms with E-state index in [1.54, 1.807) is 6.07 Å². The molecular formula is C17H16ClF3. The van der Waals surface area contributed by atoms with Crippen molar-refractivity contribution in [3.05, 3.63) is 70.0 Å². The van der Waals surface area contributed by atoms with Crippen molar-refractivity contribution in [2.24, 2.45) is 0 Å². The number of aryl methyl sites for hydroxylation is 2. The van der Waals surface area contributed by atoms with Gasteiger partial charge in [-0.2, -0.15) is 0 Å². The normalized spacial score (nSPS) is 12.5. The van der Waals surface area contributed by atoms with Crippen LogP contribution in [0.25, 0.3) is 0 Å². The Morgan fingerprint density at radius 2 is 1.57 bits per heavy atom. The first kappa shape index (κ1) is 15.9. The first-order valence-electron chi connectivity index (χ1n) is 6.88. The Hall–Kier alpha value is -1.48. The summed E-state index contributed by atoms with van der Waals surface area (Å²) in [4.78, 5) is 0. The highest BCUT2D eigenvalue weighted by molar-refractivity contribution is 6.22. The maximum atomic E-state index is 13.8. The lowest BCUT2D eigenvalue weighted by atomic mass is 9.96. The number of halogens is 4. The summed E-state index contributed by atoms with van der Waals surface area (Å²) >= 11 is 6.26. The van der Waals surface area contributed by atoms with Gasteiger partial charge in [0.05, 0.1) is 5.38 Å². The maximum Gasteiger partial charge on any atom is 0.194 e. The van der Waals surface area contributed by atoms with Gasteiger partial charge < -0.3 is 0 Å². The minimum Gasteiger partial charge on any atom is -0.204 e. The Labute approximate surface area is 127 Å². The lowest BCUT2D eigenvalue weighted by Crippen LogP contribution is -2.03. The summed E-state index contributed by atoms with van der Waals surface area (Å²) in [5.74, 6) is -3.93. The van der Waals surface area contributed by atoms with E-state index in [0.717, 1.165) is 24.5 Å². The Morgan fingerprint density at radius 3 is 2.19 bits per heavy atom. The molecule has 4 heteroatoms. The lowest BCUT2D eigenvalue weighted by molar-refractivity contribution is 0.441. The summed E-state index contributed by atoms with van der Waals surface area (Å²) in [5.41, 5.74) is 2.96. The fourth-order valence-electron chi connectivity index (χ4n) is 2.39. The number of hydrogen-bond donors (Lipinski definition) is 0. The zero-order valence-electron chi connectivity index (χ0n) is 11.9. The van der Waals surface area contributed by atoms with E-state index in [1.165, 1.54) is 11.6 Å². The van der Waals surface area contributed by atoms with Crippen molar-refractivity contribution in [2.45, 2.75) is 32.1 Å². The van der Waals surface area contributed by atoms with Gasteiger partial charge in [0.15, 0.2) is 17.5 Å². The first-order chi connectivity index (χ1) is 9.99. The molecule has 0 spiro atoms. The van der Waals surface area contributed by atoms with E-state index in [1.807, 2.05) is 19.1 Å². The van der Waals surface area contributed by atoms with Crippen LogP contribution in [0.2, 0.25) is 0 Å². The van der Waals surface area contributed by atoms with Gasteiger partial charge in [0, 0.05) is 5.56 Å². The average Bonchev–Trinajstić information content (AvgIpc) is 2.51. The fraction of sp³-hybridized carbons (Fsp3) is 0.294. The summed E-state index contributed by atoms with van der Waals surface area (Å²) < 4.78 is 40.1. The molecule has 0 N–H and O–H groups in total. The minimum absolute atomic E-state index is 0.0538. The largest absolute Gasteiger partial charge is 0.204 e. The van der Waals surface area contributed by atoms with Gasteiger partial charge in [0.2, 0.25) is 0 Å². The molecule has 2 aromatic carbocycles. The maximum absolute atomic E-state index is 13.8. The van der Waals surface area contributed by atoms with Gasteiger partial charge in [0.1, 0.15) is 0 Å². The molecule has 0 amide bonds. The second kappa shape index (κ2) is 6.52. The molecule has 0 heterocycles. The van der Waals surface area contributed by atoms with Crippen molar-refractivity contribution < 1.29 is 13.2 Å². The summed E-state index contributed by atoms with van der Waals surface area (Å²) in [6.07, 6.45) is 1.73. The van der Waals surface area contributed by atoms with Crippen molar-refractivity contribution in [3.63, 3.8) is 0 Å². The molecule has 0 bridgehead atoms. The Balaban J connectivity index is 2.45. The van der Waals surface area contributed by atoms with Crippen molar-refractivity contribution >= 4 is 11.6 Å². The molecule has 21 heavy (non-hydrogen) atoms. The molecule has 0 fully saturated rings. The molecular weight excluding hydrogens is 297 g/mol. The molecule has 0 aliphatic heterocycles. The molecule has 1 unspecified atom stereocenters. The van der Waals surface area contributed by atoms with Crippen LogP contribution in [0.15, 0.2) is 30.3 Å². The number of hydrogen-bond acceptors (Lipinski definition) is 0. The second-order valence-electron chi connectivity index (χ2n) is 4.86. The molecule has 2 rings (SSSR count). The van der Waals surface area contributed by atoms with E-state index in [9.17, 15) is 13.2 Å². The van der Waals surface area contributed by atoms with E-state index in [4.69, 9.17) is 11.6 Å². The van der Waals surface area contributed by atoms with E-state index in [-0.39, 0.29) is 5.56 Å². The molecule has 0 aromatic heterocycles. The fourth-order valence-corrected chi connectivity index (χ4v) is 2.70. The van der Waals surface area contributed by atoms with Crippen LogP contribution in [0.4, 0.5) is 13.2 Å². The second-order valence-corrected chi connectivity index (χ2v) is 5.30. The standard InChI is InChI=1S/C17H16ClF3/c1-3-10-5-6-12(9-11(10)4-2)15(18)13-7-8-14(19)17(21)16(13)20/h5-9,15H,3-4H2,1-2H3. The van der Waals surface area contributed by atoms with Crippen LogP contribution in [0.5, 0.6) is 0 Å². The zero-order chi connectivity index (χ0) is 15.6. The number of rotatable bonds is 4. The summed E-state index contributed by atoms with van der Waals surface area (Å²) in [6.45, 7) is 4.08. The van der Waals surface area contributed by atoms with Gasteiger partial charge in [0.25, 0.3) is 0 Å². The highest BCUT2D eigenvalue weighted by atomic mass is 35.5. The van der Waals surface area contributed by atoms with Gasteiger partial charge >= 0.3 is 0 Å². The van der Waals surface area contributed by atoms with E-state index < -0.39 is 22.8 Å². The highest BCUT2D eigenvalue weighted by Gasteiger charge is 2.21. The molecule has 2 aromatic rings. The first-order valence-corrected chi connectivity index (χ1v) is 7.32. The van der Waals surface area contributed by atoms with Crippen LogP contribution in [0.3, 0.4) is 0 Å².